The van der Waals surface area contributed by atoms with Gasteiger partial charge in [-0.15, -0.1) is 0 Å². The summed E-state index contributed by atoms with van der Waals surface area (Å²) in [6.45, 7) is 1.46. The van der Waals surface area contributed by atoms with Crippen LogP contribution in [-0.4, -0.2) is 23.9 Å². The van der Waals surface area contributed by atoms with E-state index in [2.05, 4.69) is 17.4 Å². The third-order valence-corrected chi connectivity index (χ3v) is 4.67. The van der Waals surface area contributed by atoms with Gasteiger partial charge in [0.1, 0.15) is 5.75 Å². The van der Waals surface area contributed by atoms with Gasteiger partial charge in [0.15, 0.2) is 0 Å². The molecule has 0 amide bonds. The lowest BCUT2D eigenvalue weighted by atomic mass is 9.93. The van der Waals surface area contributed by atoms with E-state index in [4.69, 9.17) is 4.74 Å². The number of nitrogens with one attached hydrogen (secondary N) is 1. The van der Waals surface area contributed by atoms with Crippen molar-refractivity contribution in [2.45, 2.75) is 56.6 Å². The molecule has 3 rings (SSSR count). The largest absolute Gasteiger partial charge is 0.493 e. The summed E-state index contributed by atoms with van der Waals surface area (Å²) in [5.41, 5.74) is 0.722. The minimum absolute atomic E-state index is 0.312. The molecule has 0 bridgehead atoms. The van der Waals surface area contributed by atoms with Crippen molar-refractivity contribution in [3.63, 3.8) is 0 Å². The second-order valence-electron chi connectivity index (χ2n) is 6.25. The minimum atomic E-state index is -0.510. The Bertz CT molecular complexity index is 438. The lowest BCUT2D eigenvalue weighted by Crippen LogP contribution is -2.42. The van der Waals surface area contributed by atoms with E-state index >= 15 is 0 Å². The van der Waals surface area contributed by atoms with Gasteiger partial charge in [-0.05, 0) is 18.9 Å². The summed E-state index contributed by atoms with van der Waals surface area (Å²) in [5.74, 6) is 0.990. The van der Waals surface area contributed by atoms with Crippen molar-refractivity contribution in [2.24, 2.45) is 0 Å². The summed E-state index contributed by atoms with van der Waals surface area (Å²) >= 11 is 0. The maximum absolute atomic E-state index is 10.7. The van der Waals surface area contributed by atoms with Crippen LogP contribution in [-0.2, 0) is 0 Å². The zero-order valence-corrected chi connectivity index (χ0v) is 12.1. The Morgan fingerprint density at radius 3 is 2.70 bits per heavy atom. The molecule has 1 aliphatic carbocycles. The molecule has 1 saturated carbocycles. The van der Waals surface area contributed by atoms with Crippen LogP contribution in [0.2, 0.25) is 0 Å². The summed E-state index contributed by atoms with van der Waals surface area (Å²) in [5, 5.41) is 14.3. The third-order valence-electron chi connectivity index (χ3n) is 4.67. The van der Waals surface area contributed by atoms with Crippen molar-refractivity contribution in [2.75, 3.05) is 13.2 Å². The topological polar surface area (TPSA) is 41.5 Å². The number of para-hydroxylation sites is 1. The van der Waals surface area contributed by atoms with Crippen molar-refractivity contribution in [3.8, 4) is 5.75 Å². The van der Waals surface area contributed by atoms with Gasteiger partial charge in [0.05, 0.1) is 12.2 Å². The average molecular weight is 275 g/mol. The molecule has 1 fully saturated rings. The first-order chi connectivity index (χ1) is 9.77. The standard InChI is InChI=1S/C17H25NO2/c19-17(10-5-1-2-6-11-17)13-18-15-9-12-20-16-8-4-3-7-14(15)16/h3-4,7-8,15,18-19H,1-2,5-6,9-13H2. The van der Waals surface area contributed by atoms with E-state index in [1.165, 1.54) is 18.4 Å². The molecule has 3 heteroatoms. The molecule has 0 radical (unpaired) electrons. The number of aliphatic hydroxyl groups is 1. The Labute approximate surface area is 121 Å². The molecule has 0 aromatic heterocycles. The smallest absolute Gasteiger partial charge is 0.124 e. The lowest BCUT2D eigenvalue weighted by Gasteiger charge is -2.32. The van der Waals surface area contributed by atoms with Gasteiger partial charge in [0.25, 0.3) is 0 Å². The Kier molecular flexibility index (Phi) is 4.27. The Morgan fingerprint density at radius 1 is 1.15 bits per heavy atom. The molecule has 3 nitrogen and oxygen atoms in total. The van der Waals surface area contributed by atoms with E-state index < -0.39 is 5.60 Å². The molecule has 1 aromatic rings. The first kappa shape index (κ1) is 13.9. The summed E-state index contributed by atoms with van der Waals surface area (Å²) in [6.07, 6.45) is 7.69. The Morgan fingerprint density at radius 2 is 1.90 bits per heavy atom. The highest BCUT2D eigenvalue weighted by Crippen LogP contribution is 2.33. The zero-order valence-electron chi connectivity index (χ0n) is 12.1. The molecule has 2 N–H and O–H groups in total. The van der Waals surface area contributed by atoms with Crippen LogP contribution in [0.3, 0.4) is 0 Å². The number of rotatable bonds is 3. The van der Waals surface area contributed by atoms with Gasteiger partial charge in [-0.1, -0.05) is 43.9 Å². The van der Waals surface area contributed by atoms with Crippen LogP contribution in [0.4, 0.5) is 0 Å². The number of fused-ring (bicyclic) bond motifs is 1. The Balaban J connectivity index is 1.64. The van der Waals surface area contributed by atoms with Crippen LogP contribution in [0.25, 0.3) is 0 Å². The molecule has 1 heterocycles. The van der Waals surface area contributed by atoms with Crippen LogP contribution < -0.4 is 10.1 Å². The van der Waals surface area contributed by atoms with Gasteiger partial charge in [0, 0.05) is 24.6 Å². The highest BCUT2D eigenvalue weighted by molar-refractivity contribution is 5.37. The summed E-state index contributed by atoms with van der Waals surface area (Å²) in [6, 6.07) is 8.54. The predicted molar refractivity (Wildman–Crippen MR) is 79.9 cm³/mol. The van der Waals surface area contributed by atoms with E-state index in [1.807, 2.05) is 12.1 Å². The van der Waals surface area contributed by atoms with Gasteiger partial charge in [-0.3, -0.25) is 0 Å². The maximum Gasteiger partial charge on any atom is 0.124 e. The molecule has 1 aliphatic heterocycles. The lowest BCUT2D eigenvalue weighted by molar-refractivity contribution is 0.0213. The monoisotopic (exact) mass is 275 g/mol. The second kappa shape index (κ2) is 6.15. The molecular weight excluding hydrogens is 250 g/mol. The normalized spacial score (nSPS) is 25.4. The van der Waals surface area contributed by atoms with E-state index in [0.29, 0.717) is 12.6 Å². The fourth-order valence-electron chi connectivity index (χ4n) is 3.43. The molecule has 1 atom stereocenters. The first-order valence-corrected chi connectivity index (χ1v) is 7.94. The van der Waals surface area contributed by atoms with E-state index in [9.17, 15) is 5.11 Å². The van der Waals surface area contributed by atoms with E-state index in [1.54, 1.807) is 0 Å². The second-order valence-corrected chi connectivity index (χ2v) is 6.25. The SMILES string of the molecule is OC1(CNC2CCOc3ccccc32)CCCCCC1. The molecular formula is C17H25NO2. The number of hydrogen-bond acceptors (Lipinski definition) is 3. The fourth-order valence-corrected chi connectivity index (χ4v) is 3.43. The van der Waals surface area contributed by atoms with Crippen molar-refractivity contribution in [1.29, 1.82) is 0 Å². The molecule has 20 heavy (non-hydrogen) atoms. The molecule has 0 spiro atoms. The van der Waals surface area contributed by atoms with Gasteiger partial charge in [-0.25, -0.2) is 0 Å². The summed E-state index contributed by atoms with van der Waals surface area (Å²) in [4.78, 5) is 0. The van der Waals surface area contributed by atoms with Crippen molar-refractivity contribution in [3.05, 3.63) is 29.8 Å². The third kappa shape index (κ3) is 3.15. The average Bonchev–Trinajstić information content (AvgIpc) is 2.70. The van der Waals surface area contributed by atoms with Crippen molar-refractivity contribution in [1.82, 2.24) is 5.32 Å². The number of hydrogen-bond donors (Lipinski definition) is 2. The van der Waals surface area contributed by atoms with Crippen LogP contribution in [0.5, 0.6) is 5.75 Å². The fraction of sp³-hybridized carbons (Fsp3) is 0.647. The zero-order chi connectivity index (χ0) is 13.8. The summed E-state index contributed by atoms with van der Waals surface area (Å²) < 4.78 is 5.69. The van der Waals surface area contributed by atoms with Gasteiger partial charge < -0.3 is 15.2 Å². The van der Waals surface area contributed by atoms with Crippen LogP contribution in [0.1, 0.15) is 56.6 Å². The minimum Gasteiger partial charge on any atom is -0.493 e. The maximum atomic E-state index is 10.7. The van der Waals surface area contributed by atoms with Crippen LogP contribution in [0.15, 0.2) is 24.3 Å². The van der Waals surface area contributed by atoms with Gasteiger partial charge in [0.2, 0.25) is 0 Å². The van der Waals surface area contributed by atoms with Crippen molar-refractivity contribution >= 4 is 0 Å². The van der Waals surface area contributed by atoms with Crippen LogP contribution in [0, 0.1) is 0 Å². The Hall–Kier alpha value is -1.06. The number of benzene rings is 1. The first-order valence-electron chi connectivity index (χ1n) is 7.94. The molecule has 110 valence electrons. The van der Waals surface area contributed by atoms with Gasteiger partial charge in [-0.2, -0.15) is 0 Å². The highest BCUT2D eigenvalue weighted by atomic mass is 16.5. The van der Waals surface area contributed by atoms with E-state index in [-0.39, 0.29) is 0 Å². The predicted octanol–water partition coefficient (Wildman–Crippen LogP) is 3.19. The van der Waals surface area contributed by atoms with E-state index in [0.717, 1.165) is 44.5 Å². The highest BCUT2D eigenvalue weighted by Gasteiger charge is 2.30. The van der Waals surface area contributed by atoms with Gasteiger partial charge >= 0.3 is 0 Å². The van der Waals surface area contributed by atoms with Crippen LogP contribution >= 0.6 is 0 Å². The molecule has 1 aromatic carbocycles. The molecule has 0 saturated heterocycles. The number of ether oxygens (including phenoxy) is 1. The molecule has 1 unspecified atom stereocenters. The van der Waals surface area contributed by atoms with Crippen molar-refractivity contribution < 1.29 is 9.84 Å². The summed E-state index contributed by atoms with van der Waals surface area (Å²) in [7, 11) is 0. The quantitative estimate of drug-likeness (QED) is 0.832. The molecule has 2 aliphatic rings.